The predicted octanol–water partition coefficient (Wildman–Crippen LogP) is 4.02. The minimum atomic E-state index is -1.10. The Morgan fingerprint density at radius 2 is 2.00 bits per heavy atom. The molecule has 0 radical (unpaired) electrons. The summed E-state index contributed by atoms with van der Waals surface area (Å²) in [5.41, 5.74) is 0.346. The van der Waals surface area contributed by atoms with Crippen LogP contribution >= 0.6 is 11.6 Å². The van der Waals surface area contributed by atoms with Crippen molar-refractivity contribution in [3.05, 3.63) is 64.9 Å². The first-order valence-corrected chi connectivity index (χ1v) is 6.80. The van der Waals surface area contributed by atoms with Gasteiger partial charge < -0.3 is 5.11 Å². The molecule has 1 N–H and O–H groups in total. The monoisotopic (exact) mass is 275 g/mol. The Balaban J connectivity index is 2.52. The highest BCUT2D eigenvalue weighted by Crippen LogP contribution is 2.35. The Bertz CT molecular complexity index is 541. The summed E-state index contributed by atoms with van der Waals surface area (Å²) < 4.78 is 0. The second-order valence-corrected chi connectivity index (χ2v) is 5.62. The molecule has 0 bridgehead atoms. The number of halogens is 1. The molecule has 0 saturated heterocycles. The van der Waals surface area contributed by atoms with Gasteiger partial charge in [0.05, 0.1) is 5.69 Å². The maximum atomic E-state index is 11.1. The van der Waals surface area contributed by atoms with Crippen molar-refractivity contribution in [2.45, 2.75) is 25.9 Å². The van der Waals surface area contributed by atoms with Gasteiger partial charge in [-0.1, -0.05) is 43.6 Å². The minimum Gasteiger partial charge on any atom is -0.379 e. The van der Waals surface area contributed by atoms with E-state index in [2.05, 4.69) is 18.8 Å². The highest BCUT2D eigenvalue weighted by atomic mass is 35.5. The highest BCUT2D eigenvalue weighted by Gasteiger charge is 2.33. The van der Waals surface area contributed by atoms with Crippen molar-refractivity contribution in [2.75, 3.05) is 0 Å². The number of hydrogen-bond acceptors (Lipinski definition) is 2. The second kappa shape index (κ2) is 5.72. The van der Waals surface area contributed by atoms with Crippen molar-refractivity contribution < 1.29 is 5.11 Å². The van der Waals surface area contributed by atoms with Crippen molar-refractivity contribution in [2.24, 2.45) is 5.92 Å². The number of aliphatic hydroxyl groups is 1. The van der Waals surface area contributed by atoms with Gasteiger partial charge in [-0.25, -0.2) is 0 Å². The molecule has 100 valence electrons. The van der Waals surface area contributed by atoms with Crippen LogP contribution in [0.3, 0.4) is 0 Å². The summed E-state index contributed by atoms with van der Waals surface area (Å²) in [6.45, 7) is 4.16. The lowest BCUT2D eigenvalue weighted by molar-refractivity contribution is 0.0531. The largest absolute Gasteiger partial charge is 0.379 e. The zero-order valence-electron chi connectivity index (χ0n) is 11.2. The van der Waals surface area contributed by atoms with E-state index in [1.165, 1.54) is 0 Å². The molecule has 0 aliphatic rings. The first kappa shape index (κ1) is 14.0. The standard InChI is InChI=1S/C16H18ClNO/c1-12(2)11-16(19,15-8-3-4-9-18-15)13-6-5-7-14(17)10-13/h3-10,12,19H,11H2,1-2H3. The molecule has 3 heteroatoms. The molecule has 19 heavy (non-hydrogen) atoms. The van der Waals surface area contributed by atoms with Crippen LogP contribution in [0.25, 0.3) is 0 Å². The number of benzene rings is 1. The van der Waals surface area contributed by atoms with Gasteiger partial charge in [0.15, 0.2) is 0 Å². The van der Waals surface area contributed by atoms with E-state index in [1.54, 1.807) is 18.3 Å². The van der Waals surface area contributed by atoms with Gasteiger partial charge in [0.1, 0.15) is 5.60 Å². The van der Waals surface area contributed by atoms with Crippen LogP contribution in [0.15, 0.2) is 48.7 Å². The molecular weight excluding hydrogens is 258 g/mol. The third kappa shape index (κ3) is 3.14. The van der Waals surface area contributed by atoms with Crippen LogP contribution in [-0.2, 0) is 5.60 Å². The van der Waals surface area contributed by atoms with E-state index in [0.29, 0.717) is 23.1 Å². The fourth-order valence-corrected chi connectivity index (χ4v) is 2.50. The van der Waals surface area contributed by atoms with Crippen LogP contribution in [0.5, 0.6) is 0 Å². The molecule has 0 spiro atoms. The molecular formula is C16H18ClNO. The van der Waals surface area contributed by atoms with Gasteiger partial charge in [0.2, 0.25) is 0 Å². The molecule has 0 fully saturated rings. The Kier molecular flexibility index (Phi) is 4.23. The first-order valence-electron chi connectivity index (χ1n) is 6.42. The van der Waals surface area contributed by atoms with Gasteiger partial charge in [-0.2, -0.15) is 0 Å². The van der Waals surface area contributed by atoms with Crippen LogP contribution in [0.1, 0.15) is 31.5 Å². The van der Waals surface area contributed by atoms with Crippen molar-refractivity contribution in [1.82, 2.24) is 4.98 Å². The van der Waals surface area contributed by atoms with Crippen LogP contribution in [0, 0.1) is 5.92 Å². The van der Waals surface area contributed by atoms with Gasteiger partial charge in [-0.05, 0) is 42.2 Å². The third-order valence-corrected chi connectivity index (χ3v) is 3.33. The second-order valence-electron chi connectivity index (χ2n) is 5.18. The summed E-state index contributed by atoms with van der Waals surface area (Å²) in [6, 6.07) is 12.9. The summed E-state index contributed by atoms with van der Waals surface area (Å²) in [6.07, 6.45) is 2.30. The van der Waals surface area contributed by atoms with Crippen LogP contribution in [0.4, 0.5) is 0 Å². The third-order valence-electron chi connectivity index (χ3n) is 3.09. The van der Waals surface area contributed by atoms with E-state index in [1.807, 2.05) is 30.3 Å². The summed E-state index contributed by atoms with van der Waals surface area (Å²) in [4.78, 5) is 4.32. The molecule has 1 aromatic carbocycles. The number of aromatic nitrogens is 1. The van der Waals surface area contributed by atoms with Crippen molar-refractivity contribution in [3.8, 4) is 0 Å². The normalized spacial score (nSPS) is 14.4. The summed E-state index contributed by atoms with van der Waals surface area (Å²) in [7, 11) is 0. The smallest absolute Gasteiger partial charge is 0.132 e. The Labute approximate surface area is 119 Å². The lowest BCUT2D eigenvalue weighted by Crippen LogP contribution is -2.30. The predicted molar refractivity (Wildman–Crippen MR) is 78.1 cm³/mol. The lowest BCUT2D eigenvalue weighted by Gasteiger charge is -2.30. The Morgan fingerprint density at radius 1 is 1.21 bits per heavy atom. The van der Waals surface area contributed by atoms with E-state index < -0.39 is 5.60 Å². The summed E-state index contributed by atoms with van der Waals surface area (Å²) in [5.74, 6) is 0.339. The molecule has 1 atom stereocenters. The van der Waals surface area contributed by atoms with Gasteiger partial charge in [0.25, 0.3) is 0 Å². The molecule has 2 rings (SSSR count). The number of rotatable bonds is 4. The van der Waals surface area contributed by atoms with Gasteiger partial charge in [-0.15, -0.1) is 0 Å². The van der Waals surface area contributed by atoms with Gasteiger partial charge >= 0.3 is 0 Å². The zero-order chi connectivity index (χ0) is 13.9. The number of nitrogens with zero attached hydrogens (tertiary/aromatic N) is 1. The lowest BCUT2D eigenvalue weighted by atomic mass is 9.83. The first-order chi connectivity index (χ1) is 9.02. The highest BCUT2D eigenvalue weighted by molar-refractivity contribution is 6.30. The van der Waals surface area contributed by atoms with Crippen molar-refractivity contribution in [1.29, 1.82) is 0 Å². The maximum Gasteiger partial charge on any atom is 0.132 e. The van der Waals surface area contributed by atoms with E-state index in [0.717, 1.165) is 5.56 Å². The molecule has 0 aliphatic heterocycles. The van der Waals surface area contributed by atoms with Gasteiger partial charge in [-0.3, -0.25) is 4.98 Å². The fraction of sp³-hybridized carbons (Fsp3) is 0.312. The number of pyridine rings is 1. The quantitative estimate of drug-likeness (QED) is 0.914. The molecule has 1 aromatic heterocycles. The van der Waals surface area contributed by atoms with Crippen molar-refractivity contribution in [3.63, 3.8) is 0 Å². The van der Waals surface area contributed by atoms with Crippen LogP contribution in [-0.4, -0.2) is 10.1 Å². The molecule has 1 unspecified atom stereocenters. The topological polar surface area (TPSA) is 33.1 Å². The van der Waals surface area contributed by atoms with E-state index in [-0.39, 0.29) is 0 Å². The van der Waals surface area contributed by atoms with E-state index in [4.69, 9.17) is 11.6 Å². The average Bonchev–Trinajstić information content (AvgIpc) is 2.39. The van der Waals surface area contributed by atoms with Crippen molar-refractivity contribution >= 4 is 11.6 Å². The average molecular weight is 276 g/mol. The molecule has 0 aliphatic carbocycles. The number of hydrogen-bond donors (Lipinski definition) is 1. The van der Waals surface area contributed by atoms with E-state index in [9.17, 15) is 5.11 Å². The summed E-state index contributed by atoms with van der Waals surface area (Å²) in [5, 5.41) is 11.7. The molecule has 0 amide bonds. The minimum absolute atomic E-state index is 0.339. The maximum absolute atomic E-state index is 11.1. The molecule has 1 heterocycles. The van der Waals surface area contributed by atoms with Crippen LogP contribution in [0.2, 0.25) is 5.02 Å². The van der Waals surface area contributed by atoms with E-state index >= 15 is 0 Å². The summed E-state index contributed by atoms with van der Waals surface area (Å²) >= 11 is 6.04. The molecule has 0 saturated carbocycles. The Morgan fingerprint density at radius 3 is 2.58 bits per heavy atom. The fourth-order valence-electron chi connectivity index (χ4n) is 2.31. The van der Waals surface area contributed by atoms with Crippen LogP contribution < -0.4 is 0 Å². The SMILES string of the molecule is CC(C)CC(O)(c1cccc(Cl)c1)c1ccccn1. The molecule has 2 nitrogen and oxygen atoms in total. The Hall–Kier alpha value is -1.38. The zero-order valence-corrected chi connectivity index (χ0v) is 11.9. The van der Waals surface area contributed by atoms with Gasteiger partial charge in [0, 0.05) is 11.2 Å². The molecule has 2 aromatic rings.